The van der Waals surface area contributed by atoms with Gasteiger partial charge in [-0.05, 0) is 24.1 Å². The molecule has 9 heteroatoms. The van der Waals surface area contributed by atoms with Crippen molar-refractivity contribution < 1.29 is 14.7 Å². The zero-order chi connectivity index (χ0) is 22.5. The largest absolute Gasteiger partial charge is 0.397 e. The zero-order valence-electron chi connectivity index (χ0n) is 16.9. The summed E-state index contributed by atoms with van der Waals surface area (Å²) in [5, 5.41) is 8.48. The predicted octanol–water partition coefficient (Wildman–Crippen LogP) is 3.17. The van der Waals surface area contributed by atoms with Crippen LogP contribution in [0.25, 0.3) is 0 Å². The minimum Gasteiger partial charge on any atom is -0.397 e. The fourth-order valence-electron chi connectivity index (χ4n) is 1.47. The molecule has 0 atom stereocenters. The summed E-state index contributed by atoms with van der Waals surface area (Å²) in [6, 6.07) is 18.0. The van der Waals surface area contributed by atoms with E-state index in [-0.39, 0.29) is 18.4 Å². The van der Waals surface area contributed by atoms with Gasteiger partial charge in [-0.15, -0.1) is 0 Å². The van der Waals surface area contributed by atoms with Crippen molar-refractivity contribution in [3.05, 3.63) is 70.2 Å². The van der Waals surface area contributed by atoms with E-state index in [0.29, 0.717) is 6.54 Å². The summed E-state index contributed by atoms with van der Waals surface area (Å²) < 4.78 is 1.17. The average Bonchev–Trinajstić information content (AvgIpc) is 2.70. The molecule has 0 saturated heterocycles. The van der Waals surface area contributed by atoms with Crippen LogP contribution in [0.5, 0.6) is 0 Å². The van der Waals surface area contributed by atoms with Crippen molar-refractivity contribution in [1.82, 2.24) is 16.3 Å². The molecule has 7 nitrogen and oxygen atoms in total. The van der Waals surface area contributed by atoms with Gasteiger partial charge in [-0.1, -0.05) is 80.4 Å². The van der Waals surface area contributed by atoms with Gasteiger partial charge in [0.05, 0.1) is 0 Å². The number of amides is 2. The molecule has 0 fully saturated rings. The lowest BCUT2D eigenvalue weighted by molar-refractivity contribution is -0.120. The Morgan fingerprint density at radius 1 is 1.00 bits per heavy atom. The summed E-state index contributed by atoms with van der Waals surface area (Å²) in [5.74, 6) is 4.28. The van der Waals surface area contributed by atoms with Crippen molar-refractivity contribution in [2.45, 2.75) is 32.6 Å². The van der Waals surface area contributed by atoms with Crippen LogP contribution >= 0.6 is 31.9 Å². The van der Waals surface area contributed by atoms with E-state index < -0.39 is 0 Å². The van der Waals surface area contributed by atoms with Gasteiger partial charge in [0.15, 0.2) is 0 Å². The average molecular weight is 534 g/mol. The van der Waals surface area contributed by atoms with E-state index in [2.05, 4.69) is 54.6 Å². The van der Waals surface area contributed by atoms with Crippen LogP contribution in [0.15, 0.2) is 59.1 Å². The number of hydrogen-bond donors (Lipinski definition) is 5. The first kappa shape index (κ1) is 29.4. The molecule has 0 aliphatic carbocycles. The molecule has 0 heterocycles. The Bertz CT molecular complexity index is 674. The molecule has 0 unspecified atom stereocenters. The number of aliphatic hydroxyl groups is 1. The molecule has 0 spiro atoms. The number of hydrazine groups is 2. The maximum Gasteiger partial charge on any atom is 0.230 e. The lowest BCUT2D eigenvalue weighted by atomic mass is 10.2. The molecule has 0 saturated carbocycles. The minimum atomic E-state index is -0.218. The maximum absolute atomic E-state index is 10.5. The third-order valence-electron chi connectivity index (χ3n) is 2.70. The van der Waals surface area contributed by atoms with Gasteiger partial charge >= 0.3 is 0 Å². The van der Waals surface area contributed by atoms with Gasteiger partial charge in [-0.25, -0.2) is 11.3 Å². The topological polar surface area (TPSA) is 116 Å². The van der Waals surface area contributed by atoms with Crippen molar-refractivity contribution in [2.24, 2.45) is 5.84 Å². The smallest absolute Gasteiger partial charge is 0.230 e. The van der Waals surface area contributed by atoms with Crippen molar-refractivity contribution in [1.29, 1.82) is 0 Å². The molecule has 6 N–H and O–H groups in total. The Morgan fingerprint density at radius 2 is 1.48 bits per heavy atom. The molecule has 29 heavy (non-hydrogen) atoms. The van der Waals surface area contributed by atoms with E-state index in [1.165, 1.54) is 23.9 Å². The predicted molar refractivity (Wildman–Crippen MR) is 125 cm³/mol. The van der Waals surface area contributed by atoms with E-state index >= 15 is 0 Å². The molecule has 0 aliphatic rings. The van der Waals surface area contributed by atoms with Crippen LogP contribution in [0.2, 0.25) is 0 Å². The van der Waals surface area contributed by atoms with E-state index in [0.717, 1.165) is 10.9 Å². The number of halogens is 2. The molecule has 2 aromatic carbocycles. The molecular weight excluding hydrogens is 504 g/mol. The molecule has 2 amide bonds. The Hall–Kier alpha value is -1.78. The van der Waals surface area contributed by atoms with Crippen LogP contribution < -0.4 is 22.1 Å². The number of nitrogens with two attached hydrogens (primary N) is 1. The van der Waals surface area contributed by atoms with E-state index in [9.17, 15) is 9.59 Å². The van der Waals surface area contributed by atoms with Crippen LogP contribution in [0.3, 0.4) is 0 Å². The van der Waals surface area contributed by atoms with E-state index in [4.69, 9.17) is 5.11 Å². The fraction of sp³-hybridized carbons (Fsp3) is 0.300. The SMILES string of the molecule is BrCc1ccccc1Br.CC(=O)NN.CC(=O)NNCc1ccccc1.CCO. The third-order valence-corrected chi connectivity index (χ3v) is 4.08. The van der Waals surface area contributed by atoms with Crippen molar-refractivity contribution in [3.8, 4) is 0 Å². The van der Waals surface area contributed by atoms with Gasteiger partial charge in [0.25, 0.3) is 0 Å². The van der Waals surface area contributed by atoms with Crippen molar-refractivity contribution >= 4 is 43.7 Å². The maximum atomic E-state index is 10.5. The number of carbonyl (C=O) groups excluding carboxylic acids is 2. The first-order chi connectivity index (χ1) is 13.8. The highest BCUT2D eigenvalue weighted by Gasteiger charge is 1.92. The summed E-state index contributed by atoms with van der Waals surface area (Å²) >= 11 is 6.80. The lowest BCUT2D eigenvalue weighted by Gasteiger charge is -2.03. The monoisotopic (exact) mass is 532 g/mol. The first-order valence-corrected chi connectivity index (χ1v) is 10.6. The molecule has 0 radical (unpaired) electrons. The minimum absolute atomic E-state index is 0.0778. The second kappa shape index (κ2) is 20.9. The van der Waals surface area contributed by atoms with Gasteiger partial charge in [-0.2, -0.15) is 0 Å². The summed E-state index contributed by atoms with van der Waals surface area (Å²) in [6.45, 7) is 5.40. The fourth-order valence-corrected chi connectivity index (χ4v) is 2.76. The van der Waals surface area contributed by atoms with Crippen LogP contribution in [-0.4, -0.2) is 23.5 Å². The number of hydrogen-bond acceptors (Lipinski definition) is 5. The number of rotatable bonds is 4. The molecule has 0 aromatic heterocycles. The number of benzene rings is 2. The lowest BCUT2D eigenvalue weighted by Crippen LogP contribution is -2.34. The summed E-state index contributed by atoms with van der Waals surface area (Å²) in [5.41, 5.74) is 9.63. The quantitative estimate of drug-likeness (QED) is 0.179. The van der Waals surface area contributed by atoms with Crippen LogP contribution in [-0.2, 0) is 21.5 Å². The summed E-state index contributed by atoms with van der Waals surface area (Å²) in [7, 11) is 0. The molecule has 2 rings (SSSR count). The van der Waals surface area contributed by atoms with Gasteiger partial charge in [0.2, 0.25) is 11.8 Å². The summed E-state index contributed by atoms with van der Waals surface area (Å²) in [4.78, 5) is 20.0. The highest BCUT2D eigenvalue weighted by Crippen LogP contribution is 2.17. The van der Waals surface area contributed by atoms with Crippen LogP contribution in [0.4, 0.5) is 0 Å². The molecule has 162 valence electrons. The molecular formula is C20H30Br2N4O3. The Labute approximate surface area is 189 Å². The first-order valence-electron chi connectivity index (χ1n) is 8.73. The summed E-state index contributed by atoms with van der Waals surface area (Å²) in [6.07, 6.45) is 0. The van der Waals surface area contributed by atoms with Crippen LogP contribution in [0, 0.1) is 0 Å². The Kier molecular flexibility index (Phi) is 21.2. The van der Waals surface area contributed by atoms with Gasteiger partial charge < -0.3 is 5.11 Å². The molecule has 0 aliphatic heterocycles. The Morgan fingerprint density at radius 3 is 1.86 bits per heavy atom. The normalized spacial score (nSPS) is 8.66. The zero-order valence-corrected chi connectivity index (χ0v) is 20.1. The number of nitrogens with one attached hydrogen (secondary N) is 3. The second-order valence-corrected chi connectivity index (χ2v) is 6.68. The second-order valence-electron chi connectivity index (χ2n) is 5.26. The van der Waals surface area contributed by atoms with Crippen molar-refractivity contribution in [2.75, 3.05) is 6.61 Å². The molecule has 0 bridgehead atoms. The van der Waals surface area contributed by atoms with Gasteiger partial charge in [0, 0.05) is 36.8 Å². The number of aliphatic hydroxyl groups excluding tert-OH is 1. The number of alkyl halides is 1. The number of carbonyl (C=O) groups is 2. The highest BCUT2D eigenvalue weighted by molar-refractivity contribution is 9.10. The van der Waals surface area contributed by atoms with E-state index in [1.54, 1.807) is 6.92 Å². The van der Waals surface area contributed by atoms with Gasteiger partial charge in [-0.3, -0.25) is 20.4 Å². The van der Waals surface area contributed by atoms with Gasteiger partial charge in [0.1, 0.15) is 0 Å². The van der Waals surface area contributed by atoms with Crippen LogP contribution in [0.1, 0.15) is 31.9 Å². The van der Waals surface area contributed by atoms with Crippen molar-refractivity contribution in [3.63, 3.8) is 0 Å². The van der Waals surface area contributed by atoms with E-state index in [1.807, 2.05) is 54.0 Å². The molecule has 2 aromatic rings. The third kappa shape index (κ3) is 20.8. The Balaban J connectivity index is 0. The highest BCUT2D eigenvalue weighted by atomic mass is 79.9. The standard InChI is InChI=1S/C9H12N2O.C7H6Br2.C2H6N2O.C2H6O/c1-8(12)11-10-7-9-5-3-2-4-6-9;8-5-6-3-1-2-4-7(6)9;1-2(5)4-3;1-2-3/h2-6,10H,7H2,1H3,(H,11,12);1-4H,5H2;3H2,1H3,(H,4,5);3H,2H2,1H3.